The largest absolute Gasteiger partial charge is 0.460 e. The van der Waals surface area contributed by atoms with Crippen LogP contribution in [-0.2, 0) is 16.1 Å². The number of nitrogens with zero attached hydrogens (tertiary/aromatic N) is 3. The second-order valence-corrected chi connectivity index (χ2v) is 6.10. The molecule has 0 spiro atoms. The van der Waals surface area contributed by atoms with Crippen molar-refractivity contribution in [1.29, 1.82) is 0 Å². The topological polar surface area (TPSA) is 64.4 Å². The van der Waals surface area contributed by atoms with E-state index in [0.29, 0.717) is 24.2 Å². The number of carbonyl (C=O) groups is 2. The Bertz CT molecular complexity index is 566. The second kappa shape index (κ2) is 8.13. The van der Waals surface area contributed by atoms with Crippen molar-refractivity contribution < 1.29 is 14.3 Å². The van der Waals surface area contributed by atoms with E-state index in [1.54, 1.807) is 4.90 Å². The molecular weight excluding hydrogens is 294 g/mol. The number of amides is 1. The number of ether oxygens (including phenoxy) is 1. The monoisotopic (exact) mass is 321 g/mol. The third-order valence-corrected chi connectivity index (χ3v) is 4.29. The summed E-state index contributed by atoms with van der Waals surface area (Å²) < 4.78 is 7.24. The number of rotatable bonds is 6. The molecule has 1 amide bonds. The number of hydrogen-bond donors (Lipinski definition) is 0. The Balaban J connectivity index is 1.91. The first kappa shape index (κ1) is 17.5. The molecule has 0 aromatic carbocycles. The number of carbonyl (C=O) groups excluding carboxylic acids is 2. The van der Waals surface area contributed by atoms with Gasteiger partial charge in [-0.05, 0) is 33.1 Å². The average molecular weight is 321 g/mol. The number of esters is 1. The Kier molecular flexibility index (Phi) is 6.19. The zero-order chi connectivity index (χ0) is 16.8. The highest BCUT2D eigenvalue weighted by molar-refractivity contribution is 5.91. The lowest BCUT2D eigenvalue weighted by molar-refractivity contribution is -0.131. The molecule has 1 fully saturated rings. The average Bonchev–Trinajstić information content (AvgIpc) is 2.67. The molecule has 6 heteroatoms. The van der Waals surface area contributed by atoms with Crippen LogP contribution in [-0.4, -0.2) is 46.3 Å². The van der Waals surface area contributed by atoms with Gasteiger partial charge < -0.3 is 9.64 Å². The van der Waals surface area contributed by atoms with Gasteiger partial charge in [-0.25, -0.2) is 4.79 Å². The van der Waals surface area contributed by atoms with Crippen LogP contribution in [0.15, 0.2) is 0 Å². The summed E-state index contributed by atoms with van der Waals surface area (Å²) in [6, 6.07) is 0. The summed E-state index contributed by atoms with van der Waals surface area (Å²) in [5, 5.41) is 4.39. The van der Waals surface area contributed by atoms with E-state index in [1.165, 1.54) is 0 Å². The number of aromatic nitrogens is 2. The van der Waals surface area contributed by atoms with Gasteiger partial charge in [0.15, 0.2) is 0 Å². The quantitative estimate of drug-likeness (QED) is 0.755. The molecule has 23 heavy (non-hydrogen) atoms. The molecule has 0 atom stereocenters. The molecule has 0 N–H and O–H groups in total. The van der Waals surface area contributed by atoms with E-state index in [1.807, 2.05) is 18.5 Å². The Hall–Kier alpha value is -1.85. The zero-order valence-corrected chi connectivity index (χ0v) is 14.4. The minimum Gasteiger partial charge on any atom is -0.460 e. The summed E-state index contributed by atoms with van der Waals surface area (Å²) in [7, 11) is 0. The highest BCUT2D eigenvalue weighted by Crippen LogP contribution is 2.15. The molecule has 1 aliphatic heterocycles. The standard InChI is InChI=1S/C17H27N3O3/c1-4-9-20-14(3)16(13(2)18-20)17(22)23-12-11-19-10-7-5-6-8-15(19)21/h4-12H2,1-3H3. The molecule has 0 unspecified atom stereocenters. The molecule has 0 bridgehead atoms. The van der Waals surface area contributed by atoms with E-state index in [2.05, 4.69) is 12.0 Å². The third-order valence-electron chi connectivity index (χ3n) is 4.29. The smallest absolute Gasteiger partial charge is 0.341 e. The molecular formula is C17H27N3O3. The van der Waals surface area contributed by atoms with Crippen LogP contribution in [0.2, 0.25) is 0 Å². The van der Waals surface area contributed by atoms with Crippen molar-refractivity contribution >= 4 is 11.9 Å². The summed E-state index contributed by atoms with van der Waals surface area (Å²) in [5.41, 5.74) is 2.10. The predicted octanol–water partition coefficient (Wildman–Crippen LogP) is 2.47. The molecule has 0 aliphatic carbocycles. The molecule has 1 saturated heterocycles. The van der Waals surface area contributed by atoms with Crippen LogP contribution in [0.3, 0.4) is 0 Å². The van der Waals surface area contributed by atoms with E-state index in [4.69, 9.17) is 4.74 Å². The lowest BCUT2D eigenvalue weighted by atomic mass is 10.2. The van der Waals surface area contributed by atoms with Crippen LogP contribution in [0.25, 0.3) is 0 Å². The van der Waals surface area contributed by atoms with Gasteiger partial charge in [-0.15, -0.1) is 0 Å². The maximum absolute atomic E-state index is 12.3. The van der Waals surface area contributed by atoms with Gasteiger partial charge in [0.05, 0.1) is 17.9 Å². The van der Waals surface area contributed by atoms with Crippen LogP contribution in [0, 0.1) is 13.8 Å². The lowest BCUT2D eigenvalue weighted by Crippen LogP contribution is -2.33. The van der Waals surface area contributed by atoms with Gasteiger partial charge >= 0.3 is 5.97 Å². The van der Waals surface area contributed by atoms with Gasteiger partial charge in [0.25, 0.3) is 0 Å². The van der Waals surface area contributed by atoms with Gasteiger partial charge in [-0.3, -0.25) is 9.48 Å². The molecule has 2 rings (SSSR count). The first-order valence-electron chi connectivity index (χ1n) is 8.53. The normalized spacial score (nSPS) is 15.6. The summed E-state index contributed by atoms with van der Waals surface area (Å²) in [5.74, 6) is -0.175. The van der Waals surface area contributed by atoms with E-state index in [0.717, 1.165) is 44.5 Å². The van der Waals surface area contributed by atoms with Gasteiger partial charge in [-0.1, -0.05) is 13.3 Å². The number of hydrogen-bond acceptors (Lipinski definition) is 4. The van der Waals surface area contributed by atoms with Crippen molar-refractivity contribution in [2.45, 2.75) is 59.4 Å². The van der Waals surface area contributed by atoms with E-state index < -0.39 is 0 Å². The Labute approximate surface area is 137 Å². The van der Waals surface area contributed by atoms with Crippen molar-refractivity contribution in [2.24, 2.45) is 0 Å². The predicted molar refractivity (Wildman–Crippen MR) is 87.3 cm³/mol. The number of aryl methyl sites for hydroxylation is 2. The minimum atomic E-state index is -0.343. The van der Waals surface area contributed by atoms with E-state index in [9.17, 15) is 9.59 Å². The van der Waals surface area contributed by atoms with Gasteiger partial charge in [-0.2, -0.15) is 5.10 Å². The van der Waals surface area contributed by atoms with Gasteiger partial charge in [0, 0.05) is 19.5 Å². The highest BCUT2D eigenvalue weighted by Gasteiger charge is 2.21. The highest BCUT2D eigenvalue weighted by atomic mass is 16.5. The Morgan fingerprint density at radius 1 is 1.22 bits per heavy atom. The maximum atomic E-state index is 12.3. The van der Waals surface area contributed by atoms with Crippen molar-refractivity contribution in [1.82, 2.24) is 14.7 Å². The molecule has 6 nitrogen and oxygen atoms in total. The summed E-state index contributed by atoms with van der Waals surface area (Å²) in [4.78, 5) is 26.0. The zero-order valence-electron chi connectivity index (χ0n) is 14.4. The third kappa shape index (κ3) is 4.33. The number of likely N-dealkylation sites (tertiary alicyclic amines) is 1. The summed E-state index contributed by atoms with van der Waals surface area (Å²) >= 11 is 0. The first-order chi connectivity index (χ1) is 11.0. The lowest BCUT2D eigenvalue weighted by Gasteiger charge is -2.20. The van der Waals surface area contributed by atoms with Crippen molar-refractivity contribution in [3.63, 3.8) is 0 Å². The maximum Gasteiger partial charge on any atom is 0.341 e. The Morgan fingerprint density at radius 3 is 2.74 bits per heavy atom. The fraction of sp³-hybridized carbons (Fsp3) is 0.706. The van der Waals surface area contributed by atoms with Gasteiger partial charge in [0.1, 0.15) is 12.2 Å². The molecule has 128 valence electrons. The summed E-state index contributed by atoms with van der Waals surface area (Å²) in [6.07, 6.45) is 4.66. The molecule has 0 radical (unpaired) electrons. The fourth-order valence-corrected chi connectivity index (χ4v) is 3.02. The van der Waals surface area contributed by atoms with Crippen LogP contribution in [0.4, 0.5) is 0 Å². The van der Waals surface area contributed by atoms with Crippen LogP contribution >= 0.6 is 0 Å². The first-order valence-corrected chi connectivity index (χ1v) is 8.53. The van der Waals surface area contributed by atoms with Crippen molar-refractivity contribution in [3.8, 4) is 0 Å². The van der Waals surface area contributed by atoms with Crippen LogP contribution < -0.4 is 0 Å². The molecule has 2 heterocycles. The molecule has 1 aromatic heterocycles. The minimum absolute atomic E-state index is 0.168. The summed E-state index contributed by atoms with van der Waals surface area (Å²) in [6.45, 7) is 8.07. The van der Waals surface area contributed by atoms with E-state index in [-0.39, 0.29) is 18.5 Å². The molecule has 1 aromatic rings. The van der Waals surface area contributed by atoms with Crippen molar-refractivity contribution in [2.75, 3.05) is 19.7 Å². The fourth-order valence-electron chi connectivity index (χ4n) is 3.02. The van der Waals surface area contributed by atoms with Crippen LogP contribution in [0.1, 0.15) is 60.8 Å². The second-order valence-electron chi connectivity index (χ2n) is 6.10. The SMILES string of the molecule is CCCn1nc(C)c(C(=O)OCCN2CCCCCC2=O)c1C. The van der Waals surface area contributed by atoms with E-state index >= 15 is 0 Å². The van der Waals surface area contributed by atoms with Gasteiger partial charge in [0.2, 0.25) is 5.91 Å². The van der Waals surface area contributed by atoms with Crippen molar-refractivity contribution in [3.05, 3.63) is 17.0 Å². The van der Waals surface area contributed by atoms with Crippen LogP contribution in [0.5, 0.6) is 0 Å². The molecule has 1 aliphatic rings. The molecule has 0 saturated carbocycles. The Morgan fingerprint density at radius 2 is 2.00 bits per heavy atom.